The van der Waals surface area contributed by atoms with Crippen LogP contribution in [0.5, 0.6) is 11.5 Å². The first kappa shape index (κ1) is 14.6. The molecule has 1 aliphatic rings. The summed E-state index contributed by atoms with van der Waals surface area (Å²) in [5, 5.41) is 0. The molecule has 0 radical (unpaired) electrons. The molecule has 0 aromatic heterocycles. The zero-order valence-corrected chi connectivity index (χ0v) is 12.4. The summed E-state index contributed by atoms with van der Waals surface area (Å²) >= 11 is 0. The van der Waals surface area contributed by atoms with Gasteiger partial charge in [-0.25, -0.2) is 0 Å². The Morgan fingerprint density at radius 3 is 2.41 bits per heavy atom. The number of nitrogens with zero attached hydrogens (tertiary/aromatic N) is 1. The number of para-hydroxylation sites is 1. The number of benzene rings is 2. The minimum Gasteiger partial charge on any atom is -0.457 e. The van der Waals surface area contributed by atoms with E-state index in [4.69, 9.17) is 10.5 Å². The van der Waals surface area contributed by atoms with E-state index in [0.717, 1.165) is 31.0 Å². The Morgan fingerprint density at radius 1 is 1.09 bits per heavy atom. The third kappa shape index (κ3) is 3.28. The molecule has 1 aliphatic heterocycles. The second kappa shape index (κ2) is 6.62. The van der Waals surface area contributed by atoms with Crippen LogP contribution < -0.4 is 10.5 Å². The molecule has 2 aromatic rings. The molecule has 0 aliphatic carbocycles. The number of likely N-dealkylation sites (tertiary alicyclic amines) is 1. The highest BCUT2D eigenvalue weighted by atomic mass is 16.5. The first-order valence-corrected chi connectivity index (χ1v) is 7.58. The highest BCUT2D eigenvalue weighted by Crippen LogP contribution is 2.23. The number of ether oxygens (including phenoxy) is 1. The van der Waals surface area contributed by atoms with E-state index >= 15 is 0 Å². The number of amides is 1. The normalized spacial score (nSPS) is 17.5. The van der Waals surface area contributed by atoms with Gasteiger partial charge in [0.1, 0.15) is 11.5 Å². The zero-order chi connectivity index (χ0) is 15.4. The topological polar surface area (TPSA) is 55.6 Å². The van der Waals surface area contributed by atoms with E-state index in [1.807, 2.05) is 59.5 Å². The highest BCUT2D eigenvalue weighted by molar-refractivity contribution is 5.94. The SMILES string of the molecule is NC[C@H]1CCN(C(=O)c2ccc(Oc3ccccc3)cc2)C1. The number of carbonyl (C=O) groups excluding carboxylic acids is 1. The lowest BCUT2D eigenvalue weighted by Gasteiger charge is -2.16. The van der Waals surface area contributed by atoms with Crippen LogP contribution in [0.25, 0.3) is 0 Å². The highest BCUT2D eigenvalue weighted by Gasteiger charge is 2.25. The molecule has 2 N–H and O–H groups in total. The van der Waals surface area contributed by atoms with Crippen LogP contribution in [0.1, 0.15) is 16.8 Å². The second-order valence-electron chi connectivity index (χ2n) is 5.58. The third-order valence-electron chi connectivity index (χ3n) is 3.99. The van der Waals surface area contributed by atoms with Crippen molar-refractivity contribution >= 4 is 5.91 Å². The molecule has 2 aromatic carbocycles. The Labute approximate surface area is 130 Å². The molecule has 0 unspecified atom stereocenters. The van der Waals surface area contributed by atoms with Crippen molar-refractivity contribution in [1.29, 1.82) is 0 Å². The van der Waals surface area contributed by atoms with Crippen molar-refractivity contribution in [2.75, 3.05) is 19.6 Å². The summed E-state index contributed by atoms with van der Waals surface area (Å²) in [5.41, 5.74) is 6.37. The van der Waals surface area contributed by atoms with Gasteiger partial charge in [0.25, 0.3) is 5.91 Å². The zero-order valence-electron chi connectivity index (χ0n) is 12.4. The van der Waals surface area contributed by atoms with Gasteiger partial charge in [-0.1, -0.05) is 18.2 Å². The Balaban J connectivity index is 1.65. The lowest BCUT2D eigenvalue weighted by Crippen LogP contribution is -2.29. The molecule has 1 atom stereocenters. The van der Waals surface area contributed by atoms with Crippen molar-refractivity contribution in [3.05, 3.63) is 60.2 Å². The second-order valence-corrected chi connectivity index (χ2v) is 5.58. The molecular weight excluding hydrogens is 276 g/mol. The summed E-state index contributed by atoms with van der Waals surface area (Å²) in [6.45, 7) is 2.20. The maximum absolute atomic E-state index is 12.4. The maximum Gasteiger partial charge on any atom is 0.253 e. The molecule has 0 saturated carbocycles. The van der Waals surface area contributed by atoms with Crippen molar-refractivity contribution in [3.63, 3.8) is 0 Å². The van der Waals surface area contributed by atoms with Crippen LogP contribution in [0.3, 0.4) is 0 Å². The smallest absolute Gasteiger partial charge is 0.253 e. The van der Waals surface area contributed by atoms with E-state index in [-0.39, 0.29) is 5.91 Å². The molecule has 3 rings (SSSR count). The largest absolute Gasteiger partial charge is 0.457 e. The average molecular weight is 296 g/mol. The van der Waals surface area contributed by atoms with E-state index in [2.05, 4.69) is 0 Å². The summed E-state index contributed by atoms with van der Waals surface area (Å²) in [7, 11) is 0. The quantitative estimate of drug-likeness (QED) is 0.944. The molecule has 114 valence electrons. The lowest BCUT2D eigenvalue weighted by atomic mass is 10.1. The molecule has 4 heteroatoms. The first-order chi connectivity index (χ1) is 10.8. The first-order valence-electron chi connectivity index (χ1n) is 7.58. The van der Waals surface area contributed by atoms with Gasteiger partial charge in [0.05, 0.1) is 0 Å². The minimum absolute atomic E-state index is 0.0715. The fraction of sp³-hybridized carbons (Fsp3) is 0.278. The van der Waals surface area contributed by atoms with Gasteiger partial charge >= 0.3 is 0 Å². The van der Waals surface area contributed by atoms with Gasteiger partial charge in [-0.3, -0.25) is 4.79 Å². The predicted molar refractivity (Wildman–Crippen MR) is 86.0 cm³/mol. The third-order valence-corrected chi connectivity index (χ3v) is 3.99. The van der Waals surface area contributed by atoms with Gasteiger partial charge in [-0.05, 0) is 55.3 Å². The van der Waals surface area contributed by atoms with Crippen LogP contribution in [0.4, 0.5) is 0 Å². The van der Waals surface area contributed by atoms with Crippen molar-refractivity contribution in [3.8, 4) is 11.5 Å². The van der Waals surface area contributed by atoms with Crippen LogP contribution in [0, 0.1) is 5.92 Å². The average Bonchev–Trinajstić information content (AvgIpc) is 3.05. The van der Waals surface area contributed by atoms with E-state index in [0.29, 0.717) is 18.0 Å². The van der Waals surface area contributed by atoms with Crippen molar-refractivity contribution < 1.29 is 9.53 Å². The van der Waals surface area contributed by atoms with Gasteiger partial charge in [0.2, 0.25) is 0 Å². The number of carbonyl (C=O) groups is 1. The molecule has 0 spiro atoms. The summed E-state index contributed by atoms with van der Waals surface area (Å²) < 4.78 is 5.73. The van der Waals surface area contributed by atoms with Crippen LogP contribution in [0.2, 0.25) is 0 Å². The van der Waals surface area contributed by atoms with Gasteiger partial charge in [0, 0.05) is 18.7 Å². The summed E-state index contributed by atoms with van der Waals surface area (Å²) in [6, 6.07) is 16.9. The standard InChI is InChI=1S/C18H20N2O2/c19-12-14-10-11-20(13-14)18(21)15-6-8-17(9-7-15)22-16-4-2-1-3-5-16/h1-9,14H,10-13,19H2/t14-/m1/s1. The fourth-order valence-electron chi connectivity index (χ4n) is 2.68. The molecule has 0 bridgehead atoms. The fourth-order valence-corrected chi connectivity index (χ4v) is 2.68. The van der Waals surface area contributed by atoms with Crippen LogP contribution in [-0.4, -0.2) is 30.4 Å². The van der Waals surface area contributed by atoms with Crippen molar-refractivity contribution in [2.45, 2.75) is 6.42 Å². The number of rotatable bonds is 4. The van der Waals surface area contributed by atoms with E-state index in [1.54, 1.807) is 0 Å². The summed E-state index contributed by atoms with van der Waals surface area (Å²) in [5.74, 6) is 2.02. The van der Waals surface area contributed by atoms with E-state index in [1.165, 1.54) is 0 Å². The molecule has 1 fully saturated rings. The molecule has 4 nitrogen and oxygen atoms in total. The van der Waals surface area contributed by atoms with Gasteiger partial charge < -0.3 is 15.4 Å². The Bertz CT molecular complexity index is 625. The monoisotopic (exact) mass is 296 g/mol. The van der Waals surface area contributed by atoms with Crippen LogP contribution >= 0.6 is 0 Å². The lowest BCUT2D eigenvalue weighted by molar-refractivity contribution is 0.0787. The molecule has 1 heterocycles. The van der Waals surface area contributed by atoms with Gasteiger partial charge in [-0.15, -0.1) is 0 Å². The number of nitrogens with two attached hydrogens (primary N) is 1. The summed E-state index contributed by atoms with van der Waals surface area (Å²) in [4.78, 5) is 14.3. The molecule has 1 saturated heterocycles. The Kier molecular flexibility index (Phi) is 4.39. The predicted octanol–water partition coefficient (Wildman–Crippen LogP) is 2.90. The molecular formula is C18H20N2O2. The van der Waals surface area contributed by atoms with Crippen LogP contribution in [0.15, 0.2) is 54.6 Å². The Hall–Kier alpha value is -2.33. The van der Waals surface area contributed by atoms with Crippen molar-refractivity contribution in [1.82, 2.24) is 4.90 Å². The van der Waals surface area contributed by atoms with Crippen LogP contribution in [-0.2, 0) is 0 Å². The molecule has 22 heavy (non-hydrogen) atoms. The van der Waals surface area contributed by atoms with Gasteiger partial charge in [0.15, 0.2) is 0 Å². The van der Waals surface area contributed by atoms with E-state index < -0.39 is 0 Å². The Morgan fingerprint density at radius 2 is 1.77 bits per heavy atom. The maximum atomic E-state index is 12.4. The van der Waals surface area contributed by atoms with Gasteiger partial charge in [-0.2, -0.15) is 0 Å². The van der Waals surface area contributed by atoms with E-state index in [9.17, 15) is 4.79 Å². The van der Waals surface area contributed by atoms with Crippen molar-refractivity contribution in [2.24, 2.45) is 11.7 Å². The molecule has 1 amide bonds. The minimum atomic E-state index is 0.0715. The summed E-state index contributed by atoms with van der Waals surface area (Å²) in [6.07, 6.45) is 0.997. The number of hydrogen-bond donors (Lipinski definition) is 1. The number of hydrogen-bond acceptors (Lipinski definition) is 3.